The first kappa shape index (κ1) is 8.17. The predicted octanol–water partition coefficient (Wildman–Crippen LogP) is 3.78. The third-order valence-electron chi connectivity index (χ3n) is 1.79. The molecule has 0 atom stereocenters. The van der Waals surface area contributed by atoms with Gasteiger partial charge in [-0.3, -0.25) is 0 Å². The number of rotatable bonds is 2. The van der Waals surface area contributed by atoms with E-state index in [-0.39, 0.29) is 0 Å². The molecule has 0 saturated heterocycles. The standard InChI is InChI=1S/C10H10P2/c1-2-6-9(5-1)11-12-10-7-3-4-8-10/h1-10H. The second kappa shape index (κ2) is 3.99. The summed E-state index contributed by atoms with van der Waals surface area (Å²) >= 11 is 0. The molecule has 60 valence electrons. The summed E-state index contributed by atoms with van der Waals surface area (Å²) in [5, 5.41) is 0. The van der Waals surface area contributed by atoms with Crippen LogP contribution in [0, 0.1) is 0 Å². The minimum absolute atomic E-state index is 0.661. The zero-order valence-corrected chi connectivity index (χ0v) is 8.46. The summed E-state index contributed by atoms with van der Waals surface area (Å²) in [6, 6.07) is 0. The molecule has 2 rings (SSSR count). The van der Waals surface area contributed by atoms with Crippen molar-refractivity contribution in [3.8, 4) is 0 Å². The lowest BCUT2D eigenvalue weighted by atomic mass is 10.5. The van der Waals surface area contributed by atoms with E-state index >= 15 is 0 Å². The Labute approximate surface area is 76.2 Å². The van der Waals surface area contributed by atoms with Crippen LogP contribution < -0.4 is 0 Å². The number of hydrogen-bond donors (Lipinski definition) is 0. The van der Waals surface area contributed by atoms with Crippen molar-refractivity contribution >= 4 is 15.7 Å². The molecule has 0 spiro atoms. The monoisotopic (exact) mass is 192 g/mol. The quantitative estimate of drug-likeness (QED) is 0.584. The SMILES string of the molecule is C1=CC(P=PC2C=CC=C2)C=C1. The lowest BCUT2D eigenvalue weighted by Gasteiger charge is -1.96. The van der Waals surface area contributed by atoms with E-state index in [2.05, 4.69) is 48.6 Å². The molecule has 0 saturated carbocycles. The molecule has 0 bridgehead atoms. The van der Waals surface area contributed by atoms with Crippen molar-refractivity contribution < 1.29 is 0 Å². The summed E-state index contributed by atoms with van der Waals surface area (Å²) in [5.74, 6) is 0. The van der Waals surface area contributed by atoms with Gasteiger partial charge in [0.15, 0.2) is 0 Å². The first-order valence-electron chi connectivity index (χ1n) is 4.05. The molecular formula is C10H10P2. The molecule has 0 unspecified atom stereocenters. The maximum absolute atomic E-state index is 2.26. The Morgan fingerprint density at radius 2 is 0.917 bits per heavy atom. The molecule has 0 heterocycles. The largest absolute Gasteiger partial charge is 0.0691 e. The van der Waals surface area contributed by atoms with Gasteiger partial charge >= 0.3 is 0 Å². The summed E-state index contributed by atoms with van der Waals surface area (Å²) in [6.07, 6.45) is 17.6. The van der Waals surface area contributed by atoms with Gasteiger partial charge in [-0.25, -0.2) is 0 Å². The molecule has 0 aromatic heterocycles. The fraction of sp³-hybridized carbons (Fsp3) is 0.200. The maximum Gasteiger partial charge on any atom is 0.0415 e. The second-order valence-corrected chi connectivity index (χ2v) is 5.79. The Kier molecular flexibility index (Phi) is 2.71. The lowest BCUT2D eigenvalue weighted by molar-refractivity contribution is 1.46. The Morgan fingerprint density at radius 1 is 0.583 bits per heavy atom. The van der Waals surface area contributed by atoms with Gasteiger partial charge in [-0.15, -0.1) is 0 Å². The molecule has 12 heavy (non-hydrogen) atoms. The molecule has 0 aromatic rings. The first-order chi connectivity index (χ1) is 5.95. The zero-order valence-electron chi connectivity index (χ0n) is 6.67. The topological polar surface area (TPSA) is 0 Å². The third kappa shape index (κ3) is 2.03. The summed E-state index contributed by atoms with van der Waals surface area (Å²) in [7, 11) is 2.99. The van der Waals surface area contributed by atoms with Gasteiger partial charge in [0.1, 0.15) is 0 Å². The van der Waals surface area contributed by atoms with Gasteiger partial charge in [-0.2, -0.15) is 0 Å². The lowest BCUT2D eigenvalue weighted by Crippen LogP contribution is -1.82. The summed E-state index contributed by atoms with van der Waals surface area (Å²) in [5.41, 5.74) is 1.32. The Hall–Kier alpha value is -0.440. The van der Waals surface area contributed by atoms with Crippen LogP contribution in [0.3, 0.4) is 0 Å². The van der Waals surface area contributed by atoms with Gasteiger partial charge in [0.2, 0.25) is 0 Å². The van der Waals surface area contributed by atoms with Gasteiger partial charge in [0.25, 0.3) is 0 Å². The predicted molar refractivity (Wildman–Crippen MR) is 58.0 cm³/mol. The van der Waals surface area contributed by atoms with Crippen LogP contribution >= 0.6 is 15.7 Å². The zero-order chi connectivity index (χ0) is 8.23. The molecular weight excluding hydrogens is 182 g/mol. The third-order valence-corrected chi connectivity index (χ3v) is 5.14. The Morgan fingerprint density at radius 3 is 1.25 bits per heavy atom. The van der Waals surface area contributed by atoms with E-state index < -0.39 is 0 Å². The highest BCUT2D eigenvalue weighted by Crippen LogP contribution is 2.31. The Bertz CT molecular complexity index is 241. The average molecular weight is 192 g/mol. The van der Waals surface area contributed by atoms with Crippen molar-refractivity contribution in [3.05, 3.63) is 48.6 Å². The highest BCUT2D eigenvalue weighted by molar-refractivity contribution is 7.84. The minimum atomic E-state index is 0.661. The van der Waals surface area contributed by atoms with Crippen molar-refractivity contribution in [3.63, 3.8) is 0 Å². The van der Waals surface area contributed by atoms with Crippen molar-refractivity contribution in [2.24, 2.45) is 0 Å². The summed E-state index contributed by atoms with van der Waals surface area (Å²) in [6.45, 7) is 0. The van der Waals surface area contributed by atoms with Gasteiger partial charge < -0.3 is 0 Å². The van der Waals surface area contributed by atoms with Crippen LogP contribution in [0.15, 0.2) is 48.6 Å². The van der Waals surface area contributed by atoms with Crippen LogP contribution in [0.4, 0.5) is 0 Å². The van der Waals surface area contributed by atoms with Crippen LogP contribution in [-0.2, 0) is 0 Å². The minimum Gasteiger partial charge on any atom is -0.0691 e. The molecule has 2 heteroatoms. The molecule has 0 aromatic carbocycles. The normalized spacial score (nSPS) is 22.3. The van der Waals surface area contributed by atoms with E-state index in [0.717, 1.165) is 0 Å². The van der Waals surface area contributed by atoms with Crippen LogP contribution in [-0.4, -0.2) is 11.3 Å². The number of hydrogen-bond acceptors (Lipinski definition) is 0. The van der Waals surface area contributed by atoms with Crippen molar-refractivity contribution in [1.82, 2.24) is 0 Å². The molecule has 0 N–H and O–H groups in total. The van der Waals surface area contributed by atoms with E-state index in [1.165, 1.54) is 15.7 Å². The van der Waals surface area contributed by atoms with Crippen molar-refractivity contribution in [2.75, 3.05) is 0 Å². The van der Waals surface area contributed by atoms with E-state index in [1.807, 2.05) is 0 Å². The number of allylic oxidation sites excluding steroid dienone is 8. The Balaban J connectivity index is 1.93. The molecule has 0 aliphatic heterocycles. The average Bonchev–Trinajstić information content (AvgIpc) is 2.74. The van der Waals surface area contributed by atoms with Crippen molar-refractivity contribution in [2.45, 2.75) is 11.3 Å². The first-order valence-corrected chi connectivity index (χ1v) is 6.68. The summed E-state index contributed by atoms with van der Waals surface area (Å²) in [4.78, 5) is 0. The van der Waals surface area contributed by atoms with E-state index in [0.29, 0.717) is 11.3 Å². The second-order valence-electron chi connectivity index (χ2n) is 2.75. The highest BCUT2D eigenvalue weighted by Gasteiger charge is 2.02. The van der Waals surface area contributed by atoms with Crippen LogP contribution in [0.25, 0.3) is 0 Å². The van der Waals surface area contributed by atoms with Crippen LogP contribution in [0.5, 0.6) is 0 Å². The van der Waals surface area contributed by atoms with Crippen molar-refractivity contribution in [1.29, 1.82) is 0 Å². The van der Waals surface area contributed by atoms with Gasteiger partial charge in [-0.05, 0) is 0 Å². The van der Waals surface area contributed by atoms with Gasteiger partial charge in [0, 0.05) is 11.3 Å². The smallest absolute Gasteiger partial charge is 0.0415 e. The fourth-order valence-electron chi connectivity index (χ4n) is 1.15. The van der Waals surface area contributed by atoms with E-state index in [4.69, 9.17) is 0 Å². The van der Waals surface area contributed by atoms with Gasteiger partial charge in [-0.1, -0.05) is 64.3 Å². The summed E-state index contributed by atoms with van der Waals surface area (Å²) < 4.78 is 0. The fourth-order valence-corrected chi connectivity index (χ4v) is 4.01. The molecule has 0 radical (unpaired) electrons. The van der Waals surface area contributed by atoms with E-state index in [1.54, 1.807) is 0 Å². The maximum atomic E-state index is 2.26. The van der Waals surface area contributed by atoms with E-state index in [9.17, 15) is 0 Å². The molecule has 2 aliphatic rings. The molecule has 0 amide bonds. The van der Waals surface area contributed by atoms with Gasteiger partial charge in [0.05, 0.1) is 0 Å². The molecule has 0 fully saturated rings. The molecule has 2 aliphatic carbocycles. The molecule has 0 nitrogen and oxygen atoms in total. The van der Waals surface area contributed by atoms with Crippen LogP contribution in [0.2, 0.25) is 0 Å². The highest BCUT2D eigenvalue weighted by atomic mass is 31.7. The van der Waals surface area contributed by atoms with Crippen LogP contribution in [0.1, 0.15) is 0 Å².